The monoisotopic (exact) mass is 292 g/mol. The molecule has 4 nitrogen and oxygen atoms in total. The van der Waals surface area contributed by atoms with E-state index in [2.05, 4.69) is 23.2 Å². The average molecular weight is 292 g/mol. The van der Waals surface area contributed by atoms with Gasteiger partial charge in [-0.2, -0.15) is 0 Å². The predicted octanol–water partition coefficient (Wildman–Crippen LogP) is 2.65. The van der Waals surface area contributed by atoms with Crippen LogP contribution in [-0.2, 0) is 11.3 Å². The van der Waals surface area contributed by atoms with Crippen molar-refractivity contribution >= 4 is 0 Å². The van der Waals surface area contributed by atoms with Crippen molar-refractivity contribution in [2.45, 2.75) is 45.2 Å². The number of furan rings is 1. The second-order valence-electron chi connectivity index (χ2n) is 6.65. The molecule has 0 amide bonds. The van der Waals surface area contributed by atoms with Crippen molar-refractivity contribution in [2.75, 3.05) is 32.8 Å². The highest BCUT2D eigenvalue weighted by atomic mass is 16.5. The summed E-state index contributed by atoms with van der Waals surface area (Å²) in [7, 11) is 0. The van der Waals surface area contributed by atoms with E-state index in [1.807, 2.05) is 6.07 Å². The smallest absolute Gasteiger partial charge is 0.117 e. The van der Waals surface area contributed by atoms with E-state index in [-0.39, 0.29) is 0 Å². The molecule has 118 valence electrons. The Kier molecular flexibility index (Phi) is 4.99. The third-order valence-corrected chi connectivity index (χ3v) is 4.86. The molecule has 21 heavy (non-hydrogen) atoms. The molecular formula is C17H28N2O2. The van der Waals surface area contributed by atoms with Gasteiger partial charge in [0, 0.05) is 32.3 Å². The van der Waals surface area contributed by atoms with Gasteiger partial charge in [0.25, 0.3) is 0 Å². The quantitative estimate of drug-likeness (QED) is 0.799. The lowest BCUT2D eigenvalue weighted by atomic mass is 9.79. The Morgan fingerprint density at radius 1 is 1.33 bits per heavy atom. The molecule has 1 N–H and O–H groups in total. The second kappa shape index (κ2) is 6.95. The number of ether oxygens (including phenoxy) is 1. The van der Waals surface area contributed by atoms with E-state index in [0.29, 0.717) is 5.41 Å². The van der Waals surface area contributed by atoms with E-state index >= 15 is 0 Å². The molecule has 2 heterocycles. The molecule has 1 saturated heterocycles. The molecular weight excluding hydrogens is 264 g/mol. The van der Waals surface area contributed by atoms with Crippen LogP contribution in [0.2, 0.25) is 0 Å². The molecule has 1 aliphatic carbocycles. The van der Waals surface area contributed by atoms with Crippen molar-refractivity contribution in [2.24, 2.45) is 5.41 Å². The fourth-order valence-electron chi connectivity index (χ4n) is 3.22. The Labute approximate surface area is 127 Å². The molecule has 1 saturated carbocycles. The zero-order valence-corrected chi connectivity index (χ0v) is 13.1. The standard InChI is InChI=1S/C17H28N2O2/c1-2-19(12-16-4-3-9-21-16)14-17(7-10-20-11-8-17)13-18-15-5-6-15/h3-4,9,15,18H,2,5-8,10-14H2,1H3. The van der Waals surface area contributed by atoms with Gasteiger partial charge in [0.05, 0.1) is 12.8 Å². The minimum Gasteiger partial charge on any atom is -0.468 e. The van der Waals surface area contributed by atoms with Gasteiger partial charge in [-0.05, 0) is 49.8 Å². The lowest BCUT2D eigenvalue weighted by Gasteiger charge is -2.41. The van der Waals surface area contributed by atoms with Crippen LogP contribution in [0.5, 0.6) is 0 Å². The third kappa shape index (κ3) is 4.31. The molecule has 0 bridgehead atoms. The maximum atomic E-state index is 5.60. The Morgan fingerprint density at radius 2 is 2.14 bits per heavy atom. The van der Waals surface area contributed by atoms with Gasteiger partial charge >= 0.3 is 0 Å². The lowest BCUT2D eigenvalue weighted by Crippen LogP contribution is -2.47. The molecule has 0 atom stereocenters. The number of nitrogens with one attached hydrogen (secondary N) is 1. The van der Waals surface area contributed by atoms with Crippen LogP contribution in [0.3, 0.4) is 0 Å². The highest BCUT2D eigenvalue weighted by Gasteiger charge is 2.36. The fourth-order valence-corrected chi connectivity index (χ4v) is 3.22. The fraction of sp³-hybridized carbons (Fsp3) is 0.765. The van der Waals surface area contributed by atoms with E-state index in [0.717, 1.165) is 51.2 Å². The van der Waals surface area contributed by atoms with E-state index in [9.17, 15) is 0 Å². The summed E-state index contributed by atoms with van der Waals surface area (Å²) in [6, 6.07) is 4.83. The van der Waals surface area contributed by atoms with Gasteiger partial charge < -0.3 is 14.5 Å². The van der Waals surface area contributed by atoms with Crippen LogP contribution < -0.4 is 5.32 Å². The molecule has 1 aliphatic heterocycles. The van der Waals surface area contributed by atoms with Crippen molar-refractivity contribution in [1.29, 1.82) is 0 Å². The van der Waals surface area contributed by atoms with Crippen LogP contribution >= 0.6 is 0 Å². The van der Waals surface area contributed by atoms with Gasteiger partial charge in [-0.15, -0.1) is 0 Å². The Bertz CT molecular complexity index is 408. The normalized spacial score (nSPS) is 21.8. The predicted molar refractivity (Wildman–Crippen MR) is 83.2 cm³/mol. The summed E-state index contributed by atoms with van der Waals surface area (Å²) in [5.74, 6) is 1.06. The molecule has 2 aliphatic rings. The van der Waals surface area contributed by atoms with Gasteiger partial charge in [0.15, 0.2) is 0 Å². The zero-order valence-electron chi connectivity index (χ0n) is 13.1. The van der Waals surface area contributed by atoms with Gasteiger partial charge in [-0.25, -0.2) is 0 Å². The first-order chi connectivity index (χ1) is 10.3. The van der Waals surface area contributed by atoms with Crippen LogP contribution in [0, 0.1) is 5.41 Å². The number of nitrogens with zero attached hydrogens (tertiary/aromatic N) is 1. The molecule has 3 rings (SSSR count). The van der Waals surface area contributed by atoms with Gasteiger partial charge in [0.1, 0.15) is 5.76 Å². The molecule has 4 heteroatoms. The summed E-state index contributed by atoms with van der Waals surface area (Å²) in [6.45, 7) is 8.30. The molecule has 0 unspecified atom stereocenters. The first-order valence-corrected chi connectivity index (χ1v) is 8.35. The van der Waals surface area contributed by atoms with Crippen LogP contribution in [0.25, 0.3) is 0 Å². The maximum Gasteiger partial charge on any atom is 0.117 e. The summed E-state index contributed by atoms with van der Waals surface area (Å²) in [6.07, 6.45) is 6.82. The Hall–Kier alpha value is -0.840. The topological polar surface area (TPSA) is 37.6 Å². The lowest BCUT2D eigenvalue weighted by molar-refractivity contribution is -0.00599. The van der Waals surface area contributed by atoms with Crippen molar-refractivity contribution in [1.82, 2.24) is 10.2 Å². The molecule has 1 aromatic heterocycles. The molecule has 0 radical (unpaired) electrons. The zero-order chi connectivity index (χ0) is 14.5. The summed E-state index contributed by atoms with van der Waals surface area (Å²) >= 11 is 0. The van der Waals surface area contributed by atoms with Crippen molar-refractivity contribution in [3.8, 4) is 0 Å². The highest BCUT2D eigenvalue weighted by molar-refractivity contribution is 4.99. The van der Waals surface area contributed by atoms with Gasteiger partial charge in [0.2, 0.25) is 0 Å². The summed E-state index contributed by atoms with van der Waals surface area (Å²) < 4.78 is 11.1. The molecule has 0 spiro atoms. The van der Waals surface area contributed by atoms with E-state index in [1.54, 1.807) is 6.26 Å². The minimum absolute atomic E-state index is 0.365. The van der Waals surface area contributed by atoms with E-state index in [1.165, 1.54) is 25.7 Å². The number of hydrogen-bond donors (Lipinski definition) is 1. The van der Waals surface area contributed by atoms with Crippen molar-refractivity contribution in [3.63, 3.8) is 0 Å². The maximum absolute atomic E-state index is 5.60. The van der Waals surface area contributed by atoms with Crippen molar-refractivity contribution < 1.29 is 9.15 Å². The van der Waals surface area contributed by atoms with Crippen LogP contribution in [0.1, 0.15) is 38.4 Å². The SMILES string of the molecule is CCN(Cc1ccco1)CC1(CNC2CC2)CCOCC1. The first-order valence-electron chi connectivity index (χ1n) is 8.35. The van der Waals surface area contributed by atoms with Crippen LogP contribution in [0.15, 0.2) is 22.8 Å². The molecule has 2 fully saturated rings. The van der Waals surface area contributed by atoms with E-state index in [4.69, 9.17) is 9.15 Å². The highest BCUT2D eigenvalue weighted by Crippen LogP contribution is 2.33. The largest absolute Gasteiger partial charge is 0.468 e. The van der Waals surface area contributed by atoms with E-state index < -0.39 is 0 Å². The molecule has 0 aromatic carbocycles. The first kappa shape index (κ1) is 15.1. The summed E-state index contributed by atoms with van der Waals surface area (Å²) in [5, 5.41) is 3.75. The Balaban J connectivity index is 1.60. The second-order valence-corrected chi connectivity index (χ2v) is 6.65. The minimum atomic E-state index is 0.365. The van der Waals surface area contributed by atoms with Gasteiger partial charge in [-0.3, -0.25) is 4.90 Å². The summed E-state index contributed by atoms with van der Waals surface area (Å²) in [4.78, 5) is 2.51. The third-order valence-electron chi connectivity index (χ3n) is 4.86. The Morgan fingerprint density at radius 3 is 2.76 bits per heavy atom. The number of rotatable bonds is 8. The number of hydrogen-bond acceptors (Lipinski definition) is 4. The van der Waals surface area contributed by atoms with Crippen LogP contribution in [0.4, 0.5) is 0 Å². The molecule has 1 aromatic rings. The summed E-state index contributed by atoms with van der Waals surface area (Å²) in [5.41, 5.74) is 0.365. The van der Waals surface area contributed by atoms with Gasteiger partial charge in [-0.1, -0.05) is 6.92 Å². The average Bonchev–Trinajstić information content (AvgIpc) is 3.21. The van der Waals surface area contributed by atoms with Crippen molar-refractivity contribution in [3.05, 3.63) is 24.2 Å². The van der Waals surface area contributed by atoms with Crippen LogP contribution in [-0.4, -0.2) is 43.8 Å².